The summed E-state index contributed by atoms with van der Waals surface area (Å²) in [6.07, 6.45) is 44.7. The Kier molecular flexibility index (Phi) is 30.9. The first kappa shape index (κ1) is 104. The number of carbonyl (C=O) groups excluding carboxylic acids is 3. The van der Waals surface area contributed by atoms with E-state index in [1.54, 1.807) is 0 Å². The second kappa shape index (κ2) is 42.4. The monoisotopic (exact) mass is 2080 g/mol. The van der Waals surface area contributed by atoms with Gasteiger partial charge in [-0.25, -0.2) is 25.3 Å². The van der Waals surface area contributed by atoms with E-state index in [1.165, 1.54) is 154 Å². The summed E-state index contributed by atoms with van der Waals surface area (Å²) in [5.41, 5.74) is 0. The van der Waals surface area contributed by atoms with Crippen molar-refractivity contribution in [3.05, 3.63) is 0 Å². The second-order valence-electron chi connectivity index (χ2n) is 50.1. The smallest absolute Gasteiger partial charge is 0.748 e. The topological polar surface area (TPSA) is 581 Å². The molecule has 0 aromatic rings. The van der Waals surface area contributed by atoms with Crippen LogP contribution in [-0.2, 0) is 44.7 Å². The SMILES string of the molecule is O=C([O-])C1C2C3NC4NC(NC5NC(NC6NC(NC(N3)C2CCC1S(=O)(=O)[O-])C1CCCCC61)C1CCCCC51)C1CCCCC41.O=C([O-])C1C2C3NC4NC(NC5NC(NC6NC(NC(N3)C2CCC1S(=O)(=O)[O-])C1CCCCC61)C1CCCCC51)C1CCCCC41.O=C([O-])C1C2C3NC4NC(NC5NC(NC6NC(NC(N3)C2CCC1S(=O)(=O)[O-])C1CCCCC61)C1CCCCC51)C1CCCCC41.[Al+3].[Al+3]. The maximum atomic E-state index is 12.8. The van der Waals surface area contributed by atoms with Gasteiger partial charge in [-0.2, -0.15) is 0 Å². The fraction of sp³-hybridized carbons (Fsp3) is 0.970. The molecular formula is C99H162Al2N24O15S3. The van der Waals surface area contributed by atoms with Crippen molar-refractivity contribution in [3.8, 4) is 0 Å². The fourth-order valence-corrected chi connectivity index (χ4v) is 41.2. The molecule has 0 aromatic carbocycles. The number of carbonyl (C=O) groups is 3. The molecule has 24 bridgehead atoms. The normalized spacial score (nSPS) is 53.5. The Balaban J connectivity index is 0.000000118. The molecule has 39 nitrogen and oxygen atoms in total. The van der Waals surface area contributed by atoms with E-state index >= 15 is 0 Å². The van der Waals surface area contributed by atoms with Gasteiger partial charge in [0.05, 0.1) is 194 Å². The van der Waals surface area contributed by atoms with Gasteiger partial charge in [0.1, 0.15) is 0 Å². The molecule has 15 heterocycles. The molecule has 27 rings (SSSR count). The minimum absolute atomic E-state index is 0. The molecule has 792 valence electrons. The van der Waals surface area contributed by atoms with Crippen LogP contribution in [0.15, 0.2) is 0 Å². The van der Waals surface area contributed by atoms with E-state index in [9.17, 15) is 68.6 Å². The number of fused-ring (bicyclic) bond motifs is 60. The van der Waals surface area contributed by atoms with Crippen molar-refractivity contribution < 1.29 is 68.6 Å². The second-order valence-corrected chi connectivity index (χ2v) is 54.8. The molecule has 27 aliphatic rings. The summed E-state index contributed by atoms with van der Waals surface area (Å²) in [7, 11) is -14.5. The number of hydrogen-bond acceptors (Lipinski definition) is 39. The third-order valence-corrected chi connectivity index (χ3v) is 47.7. The predicted octanol–water partition coefficient (Wildman–Crippen LogP) is -3.45. The number of carboxylic acid groups (broad SMARTS) is 3. The molecule has 0 aromatic heterocycles. The van der Waals surface area contributed by atoms with Gasteiger partial charge in [-0.15, -0.1) is 0 Å². The van der Waals surface area contributed by atoms with Crippen LogP contribution in [0.1, 0.15) is 270 Å². The molecule has 143 heavy (non-hydrogen) atoms. The molecule has 0 spiro atoms. The van der Waals surface area contributed by atoms with E-state index in [0.29, 0.717) is 126 Å². The number of aliphatic carboxylic acids is 3. The third-order valence-electron chi connectivity index (χ3n) is 43.8. The van der Waals surface area contributed by atoms with Crippen molar-refractivity contribution in [2.24, 2.45) is 160 Å². The number of nitrogens with one attached hydrogen (secondary N) is 24. The quantitative estimate of drug-likeness (QED) is 0.0908. The molecule has 12 aliphatic carbocycles. The minimum Gasteiger partial charge on any atom is -0.748 e. The summed E-state index contributed by atoms with van der Waals surface area (Å²) in [6, 6.07) is 0. The van der Waals surface area contributed by atoms with Gasteiger partial charge in [0, 0.05) is 53.4 Å². The van der Waals surface area contributed by atoms with Gasteiger partial charge in [0.2, 0.25) is 0 Å². The zero-order valence-electron chi connectivity index (χ0n) is 82.9. The van der Waals surface area contributed by atoms with Crippen molar-refractivity contribution in [2.45, 2.75) is 433 Å². The van der Waals surface area contributed by atoms with E-state index in [4.69, 9.17) is 0 Å². The van der Waals surface area contributed by atoms with Crippen LogP contribution < -0.4 is 143 Å². The van der Waals surface area contributed by atoms with E-state index in [1.807, 2.05) is 0 Å². The van der Waals surface area contributed by atoms with Crippen molar-refractivity contribution in [3.63, 3.8) is 0 Å². The van der Waals surface area contributed by atoms with E-state index < -0.39 is 118 Å². The summed E-state index contributed by atoms with van der Waals surface area (Å²) in [5.74, 6) is -1.91. The Morgan fingerprint density at radius 3 is 0.350 bits per heavy atom. The Bertz CT molecular complexity index is 4400. The van der Waals surface area contributed by atoms with Gasteiger partial charge < -0.3 is 43.4 Å². The molecule has 15 saturated heterocycles. The van der Waals surface area contributed by atoms with E-state index in [0.717, 1.165) is 77.0 Å². The minimum atomic E-state index is -4.82. The fourth-order valence-electron chi connectivity index (χ4n) is 38.0. The molecule has 44 heteroatoms. The van der Waals surface area contributed by atoms with Crippen LogP contribution in [0.3, 0.4) is 0 Å². The molecule has 0 radical (unpaired) electrons. The van der Waals surface area contributed by atoms with Gasteiger partial charge in [-0.05, 0) is 278 Å². The maximum absolute atomic E-state index is 12.8. The van der Waals surface area contributed by atoms with Gasteiger partial charge >= 0.3 is 34.7 Å². The summed E-state index contributed by atoms with van der Waals surface area (Å²) in [4.78, 5) is 38.3. The average molecular weight is 2080 g/mol. The molecular weight excluding hydrogens is 1920 g/mol. The Morgan fingerprint density at radius 1 is 0.154 bits per heavy atom. The van der Waals surface area contributed by atoms with Crippen molar-refractivity contribution in [2.75, 3.05) is 0 Å². The van der Waals surface area contributed by atoms with Gasteiger partial charge in [-0.3, -0.25) is 128 Å². The molecule has 0 amide bonds. The predicted molar refractivity (Wildman–Crippen MR) is 521 cm³/mol. The van der Waals surface area contributed by atoms with Crippen LogP contribution in [0, 0.1) is 160 Å². The molecule has 12 saturated carbocycles. The largest absolute Gasteiger partial charge is 3.00 e. The summed E-state index contributed by atoms with van der Waals surface area (Å²) in [5, 5.41) is 129. The standard InChI is InChI=1S/3C33H56N8O5S.2Al/c3*42-33(43)24-22(47(44,45)46)14-13-21-23(24)32-40-30-20-12-6-5-11-19(20)28(38-30)36-26-16-8-2-1-7-15(16)25(34-26)35-27-17-9-3-4-10-18(17)29(37-27)39-31(21)41-32;;/h3*15-32,34-41H,1-14H2,(H,42,43)(H,44,45,46);;/q;;;2*+3/p-6. The number of carboxylic acids is 3. The zero-order chi connectivity index (χ0) is 96.1. The van der Waals surface area contributed by atoms with E-state index in [2.05, 4.69) is 128 Å². The maximum Gasteiger partial charge on any atom is 3.00 e. The summed E-state index contributed by atoms with van der Waals surface area (Å²) in [6.45, 7) is 0. The van der Waals surface area contributed by atoms with Crippen LogP contribution in [0.4, 0.5) is 0 Å². The first-order chi connectivity index (χ1) is 68.2. The van der Waals surface area contributed by atoms with Gasteiger partial charge in [-0.1, -0.05) is 116 Å². The van der Waals surface area contributed by atoms with Crippen molar-refractivity contribution >= 4 is 83.0 Å². The van der Waals surface area contributed by atoms with Crippen LogP contribution >= 0.6 is 0 Å². The summed E-state index contributed by atoms with van der Waals surface area (Å²) < 4.78 is 112. The van der Waals surface area contributed by atoms with Gasteiger partial charge in [0.25, 0.3) is 0 Å². The average Bonchev–Trinajstić information content (AvgIpc) is 1.60. The molecule has 54 unspecified atom stereocenters. The first-order valence-corrected chi connectivity index (χ1v) is 61.4. The Labute approximate surface area is 866 Å². The zero-order valence-corrected chi connectivity index (χ0v) is 87.6. The van der Waals surface area contributed by atoms with Crippen LogP contribution in [0.25, 0.3) is 0 Å². The Morgan fingerprint density at radius 2 is 0.252 bits per heavy atom. The van der Waals surface area contributed by atoms with Crippen molar-refractivity contribution in [1.82, 2.24) is 128 Å². The van der Waals surface area contributed by atoms with E-state index in [-0.39, 0.29) is 201 Å². The van der Waals surface area contributed by atoms with Crippen LogP contribution in [0.5, 0.6) is 0 Å². The Hall–Kier alpha value is -1.76. The third kappa shape index (κ3) is 19.6. The van der Waals surface area contributed by atoms with Crippen LogP contribution in [0.2, 0.25) is 0 Å². The van der Waals surface area contributed by atoms with Gasteiger partial charge in [0.15, 0.2) is 0 Å². The molecule has 27 fully saturated rings. The molecule has 24 N–H and O–H groups in total. The molecule has 15 aliphatic heterocycles. The number of hydrogen-bond donors (Lipinski definition) is 24. The molecule has 54 atom stereocenters. The van der Waals surface area contributed by atoms with Crippen molar-refractivity contribution in [1.29, 1.82) is 0 Å². The number of rotatable bonds is 6. The van der Waals surface area contributed by atoms with Crippen LogP contribution in [-0.4, -0.2) is 255 Å². The summed E-state index contributed by atoms with van der Waals surface area (Å²) >= 11 is 0. The first-order valence-electron chi connectivity index (χ1n) is 57.0.